The third-order valence-electron chi connectivity index (χ3n) is 2.61. The fourth-order valence-electron chi connectivity index (χ4n) is 1.67. The average Bonchev–Trinajstić information content (AvgIpc) is 2.74. The van der Waals surface area contributed by atoms with Gasteiger partial charge in [0.1, 0.15) is 0 Å². The third-order valence-corrected chi connectivity index (χ3v) is 3.10. The number of hydrogen-bond acceptors (Lipinski definition) is 3. The zero-order valence-electron chi connectivity index (χ0n) is 10.1. The van der Waals surface area contributed by atoms with E-state index in [0.717, 1.165) is 4.47 Å². The molecule has 0 bridgehead atoms. The molecule has 0 saturated heterocycles. The number of carbonyl (C=O) groups excluding carboxylic acids is 1. The van der Waals surface area contributed by atoms with Gasteiger partial charge in [0.25, 0.3) is 5.91 Å². The first-order valence-corrected chi connectivity index (χ1v) is 6.10. The molecule has 2 aromatic rings. The van der Waals surface area contributed by atoms with Crippen LogP contribution in [-0.4, -0.2) is 22.7 Å². The summed E-state index contributed by atoms with van der Waals surface area (Å²) in [5.74, 6) is -0.142. The number of rotatable bonds is 2. The summed E-state index contributed by atoms with van der Waals surface area (Å²) in [5.41, 5.74) is 7.65. The second-order valence-electron chi connectivity index (χ2n) is 3.97. The van der Waals surface area contributed by atoms with Crippen LogP contribution in [0.2, 0.25) is 0 Å². The number of nitrogens with two attached hydrogens (primary N) is 1. The van der Waals surface area contributed by atoms with E-state index < -0.39 is 0 Å². The van der Waals surface area contributed by atoms with E-state index in [1.54, 1.807) is 37.1 Å². The highest BCUT2D eigenvalue weighted by Crippen LogP contribution is 2.26. The topological polar surface area (TPSA) is 64.2 Å². The molecular weight excluding hydrogens is 296 g/mol. The van der Waals surface area contributed by atoms with Crippen LogP contribution in [0, 0.1) is 0 Å². The van der Waals surface area contributed by atoms with Gasteiger partial charge in [-0.3, -0.25) is 9.48 Å². The Labute approximate surface area is 113 Å². The number of hydrogen-bond donors (Lipinski definition) is 1. The summed E-state index contributed by atoms with van der Waals surface area (Å²) in [4.78, 5) is 13.7. The molecule has 6 heteroatoms. The largest absolute Gasteiger partial charge is 0.397 e. The summed E-state index contributed by atoms with van der Waals surface area (Å²) in [5, 5.41) is 3.98. The van der Waals surface area contributed by atoms with Crippen LogP contribution in [0.1, 0.15) is 10.4 Å². The quantitative estimate of drug-likeness (QED) is 0.864. The van der Waals surface area contributed by atoms with Gasteiger partial charge in [0.15, 0.2) is 0 Å². The number of carbonyl (C=O) groups is 1. The number of anilines is 2. The fourth-order valence-corrected chi connectivity index (χ4v) is 2.04. The molecule has 1 heterocycles. The molecule has 5 nitrogen and oxygen atoms in total. The maximum Gasteiger partial charge on any atom is 0.261 e. The first kappa shape index (κ1) is 12.6. The summed E-state index contributed by atoms with van der Waals surface area (Å²) < 4.78 is 2.47. The smallest absolute Gasteiger partial charge is 0.261 e. The van der Waals surface area contributed by atoms with Crippen LogP contribution in [0.25, 0.3) is 0 Å². The third kappa shape index (κ3) is 2.38. The summed E-state index contributed by atoms with van der Waals surface area (Å²) in [6, 6.07) is 5.41. The molecule has 18 heavy (non-hydrogen) atoms. The second-order valence-corrected chi connectivity index (χ2v) is 4.89. The molecule has 1 aromatic carbocycles. The van der Waals surface area contributed by atoms with Crippen LogP contribution in [-0.2, 0) is 7.05 Å². The molecule has 0 aliphatic rings. The van der Waals surface area contributed by atoms with Gasteiger partial charge in [0.05, 0.1) is 23.1 Å². The van der Waals surface area contributed by atoms with Gasteiger partial charge >= 0.3 is 0 Å². The monoisotopic (exact) mass is 308 g/mol. The van der Waals surface area contributed by atoms with Crippen LogP contribution in [0.15, 0.2) is 35.1 Å². The Morgan fingerprint density at radius 3 is 2.78 bits per heavy atom. The number of halogens is 1. The number of aryl methyl sites for hydroxylation is 1. The van der Waals surface area contributed by atoms with Gasteiger partial charge in [0, 0.05) is 24.8 Å². The zero-order chi connectivity index (χ0) is 13.3. The summed E-state index contributed by atoms with van der Waals surface area (Å²) in [6.45, 7) is 0. The highest BCUT2D eigenvalue weighted by Gasteiger charge is 2.16. The fraction of sp³-hybridized carbons (Fsp3) is 0.167. The zero-order valence-corrected chi connectivity index (χ0v) is 11.7. The van der Waals surface area contributed by atoms with E-state index in [9.17, 15) is 4.79 Å². The molecule has 0 atom stereocenters. The van der Waals surface area contributed by atoms with Crippen LogP contribution in [0.5, 0.6) is 0 Å². The van der Waals surface area contributed by atoms with Gasteiger partial charge in [-0.05, 0) is 18.2 Å². The van der Waals surface area contributed by atoms with Crippen molar-refractivity contribution in [3.8, 4) is 0 Å². The Kier molecular flexibility index (Phi) is 3.38. The van der Waals surface area contributed by atoms with Crippen LogP contribution < -0.4 is 10.6 Å². The van der Waals surface area contributed by atoms with Crippen molar-refractivity contribution in [1.29, 1.82) is 0 Å². The van der Waals surface area contributed by atoms with Crippen molar-refractivity contribution in [2.24, 2.45) is 7.05 Å². The van der Waals surface area contributed by atoms with Crippen LogP contribution >= 0.6 is 15.9 Å². The van der Waals surface area contributed by atoms with Gasteiger partial charge in [-0.2, -0.15) is 5.10 Å². The lowest BCUT2D eigenvalue weighted by Gasteiger charge is -2.18. The molecule has 2 N–H and O–H groups in total. The van der Waals surface area contributed by atoms with Crippen molar-refractivity contribution >= 4 is 33.2 Å². The first-order valence-electron chi connectivity index (χ1n) is 5.31. The van der Waals surface area contributed by atoms with E-state index >= 15 is 0 Å². The van der Waals surface area contributed by atoms with Crippen molar-refractivity contribution in [2.75, 3.05) is 17.7 Å². The van der Waals surface area contributed by atoms with Gasteiger partial charge in [0.2, 0.25) is 0 Å². The average molecular weight is 309 g/mol. The van der Waals surface area contributed by atoms with Crippen molar-refractivity contribution in [3.63, 3.8) is 0 Å². The molecule has 0 aliphatic carbocycles. The van der Waals surface area contributed by atoms with Gasteiger partial charge in [-0.1, -0.05) is 15.9 Å². The Bertz CT molecular complexity index is 594. The van der Waals surface area contributed by atoms with Crippen molar-refractivity contribution in [3.05, 3.63) is 40.6 Å². The minimum absolute atomic E-state index is 0.142. The predicted molar refractivity (Wildman–Crippen MR) is 74.5 cm³/mol. The Morgan fingerprint density at radius 1 is 1.50 bits per heavy atom. The highest BCUT2D eigenvalue weighted by molar-refractivity contribution is 9.10. The van der Waals surface area contributed by atoms with E-state index in [1.165, 1.54) is 11.1 Å². The van der Waals surface area contributed by atoms with Crippen molar-refractivity contribution in [1.82, 2.24) is 9.78 Å². The van der Waals surface area contributed by atoms with E-state index in [1.807, 2.05) is 6.07 Å². The molecule has 2 rings (SSSR count). The van der Waals surface area contributed by atoms with E-state index in [0.29, 0.717) is 16.9 Å². The minimum atomic E-state index is -0.142. The van der Waals surface area contributed by atoms with Crippen molar-refractivity contribution < 1.29 is 4.79 Å². The lowest BCUT2D eigenvalue weighted by Crippen LogP contribution is -2.26. The molecule has 1 amide bonds. The lowest BCUT2D eigenvalue weighted by molar-refractivity contribution is 0.0993. The van der Waals surface area contributed by atoms with Crippen LogP contribution in [0.3, 0.4) is 0 Å². The summed E-state index contributed by atoms with van der Waals surface area (Å²) in [6.07, 6.45) is 3.21. The summed E-state index contributed by atoms with van der Waals surface area (Å²) >= 11 is 3.33. The first-order chi connectivity index (χ1) is 8.49. The number of amides is 1. The maximum absolute atomic E-state index is 12.2. The molecule has 94 valence electrons. The maximum atomic E-state index is 12.2. The van der Waals surface area contributed by atoms with Crippen molar-refractivity contribution in [2.45, 2.75) is 0 Å². The minimum Gasteiger partial charge on any atom is -0.397 e. The highest BCUT2D eigenvalue weighted by atomic mass is 79.9. The molecule has 0 fully saturated rings. The molecule has 0 unspecified atom stereocenters. The number of benzene rings is 1. The van der Waals surface area contributed by atoms with Gasteiger partial charge in [-0.25, -0.2) is 0 Å². The molecule has 1 aromatic heterocycles. The number of nitrogens with zero attached hydrogens (tertiary/aromatic N) is 3. The predicted octanol–water partition coefficient (Wildman–Crippen LogP) is 2.04. The van der Waals surface area contributed by atoms with Gasteiger partial charge in [-0.15, -0.1) is 0 Å². The van der Waals surface area contributed by atoms with E-state index in [2.05, 4.69) is 21.0 Å². The number of nitrogen functional groups attached to an aromatic ring is 1. The van der Waals surface area contributed by atoms with E-state index in [4.69, 9.17) is 5.73 Å². The molecule has 0 saturated carbocycles. The standard InChI is InChI=1S/C12H13BrN4O/c1-16-7-8(6-15-16)12(18)17(2)11-4-3-9(13)5-10(11)14/h3-7H,14H2,1-2H3. The molecule has 0 aliphatic heterocycles. The Balaban J connectivity index is 2.31. The van der Waals surface area contributed by atoms with Gasteiger partial charge < -0.3 is 10.6 Å². The Morgan fingerprint density at radius 2 is 2.22 bits per heavy atom. The molecule has 0 radical (unpaired) electrons. The summed E-state index contributed by atoms with van der Waals surface area (Å²) in [7, 11) is 3.46. The Hall–Kier alpha value is -1.82. The molecular formula is C12H13BrN4O. The number of aromatic nitrogens is 2. The van der Waals surface area contributed by atoms with Crippen LogP contribution in [0.4, 0.5) is 11.4 Å². The SMILES string of the molecule is CN(C(=O)c1cnn(C)c1)c1ccc(Br)cc1N. The second kappa shape index (κ2) is 4.81. The molecule has 0 spiro atoms. The van der Waals surface area contributed by atoms with E-state index in [-0.39, 0.29) is 5.91 Å². The lowest BCUT2D eigenvalue weighted by atomic mass is 10.2. The normalized spacial score (nSPS) is 10.4.